The highest BCUT2D eigenvalue weighted by atomic mass is 79.9. The Morgan fingerprint density at radius 2 is 1.94 bits per heavy atom. The van der Waals surface area contributed by atoms with Crippen molar-refractivity contribution >= 4 is 39.4 Å². The Bertz CT molecular complexity index is 1360. The van der Waals surface area contributed by atoms with Crippen LogP contribution in [0.5, 0.6) is 0 Å². The minimum Gasteiger partial charge on any atom is -0.481 e. The van der Waals surface area contributed by atoms with E-state index in [1.54, 1.807) is 30.4 Å². The molecular formula is C24H19BrN6O2S. The van der Waals surface area contributed by atoms with Gasteiger partial charge in [-0.15, -0.1) is 10.2 Å². The Kier molecular flexibility index (Phi) is 6.50. The lowest BCUT2D eigenvalue weighted by Crippen LogP contribution is -2.09. The van der Waals surface area contributed by atoms with Gasteiger partial charge < -0.3 is 5.11 Å². The molecule has 0 radical (unpaired) electrons. The van der Waals surface area contributed by atoms with E-state index in [-0.39, 0.29) is 6.42 Å². The monoisotopic (exact) mass is 534 g/mol. The fourth-order valence-electron chi connectivity index (χ4n) is 3.78. The molecule has 34 heavy (non-hydrogen) atoms. The fraction of sp³-hybridized carbons (Fsp3) is 0.167. The van der Waals surface area contributed by atoms with E-state index in [9.17, 15) is 9.90 Å². The van der Waals surface area contributed by atoms with Crippen LogP contribution in [0.15, 0.2) is 81.7 Å². The molecular weight excluding hydrogens is 516 g/mol. The maximum absolute atomic E-state index is 11.4. The van der Waals surface area contributed by atoms with Crippen LogP contribution in [0.2, 0.25) is 0 Å². The van der Waals surface area contributed by atoms with E-state index in [2.05, 4.69) is 36.1 Å². The number of carboxylic acid groups (broad SMARTS) is 1. The zero-order valence-electron chi connectivity index (χ0n) is 17.9. The van der Waals surface area contributed by atoms with E-state index >= 15 is 0 Å². The molecule has 8 nitrogen and oxygen atoms in total. The number of aliphatic carboxylic acids is 1. The molecule has 0 amide bonds. The molecule has 10 heteroatoms. The first-order valence-electron chi connectivity index (χ1n) is 10.6. The summed E-state index contributed by atoms with van der Waals surface area (Å²) >= 11 is 5.15. The van der Waals surface area contributed by atoms with Crippen molar-refractivity contribution in [2.75, 3.05) is 0 Å². The maximum atomic E-state index is 11.4. The lowest BCUT2D eigenvalue weighted by Gasteiger charge is -2.14. The van der Waals surface area contributed by atoms with Gasteiger partial charge in [-0.2, -0.15) is 0 Å². The first-order chi connectivity index (χ1) is 16.6. The molecule has 1 atom stereocenters. The molecule has 1 N–H and O–H groups in total. The summed E-state index contributed by atoms with van der Waals surface area (Å²) in [6, 6.07) is 15.1. The second-order valence-electron chi connectivity index (χ2n) is 7.62. The van der Waals surface area contributed by atoms with Crippen LogP contribution in [0.25, 0.3) is 5.69 Å². The normalized spacial score (nSPS) is 14.6. The van der Waals surface area contributed by atoms with Gasteiger partial charge in [-0.25, -0.2) is 0 Å². The number of aliphatic imine (C=N–C) groups is 1. The van der Waals surface area contributed by atoms with Crippen molar-refractivity contribution in [3.63, 3.8) is 0 Å². The van der Waals surface area contributed by atoms with E-state index in [4.69, 9.17) is 4.99 Å². The van der Waals surface area contributed by atoms with Crippen molar-refractivity contribution in [1.29, 1.82) is 0 Å². The smallest absolute Gasteiger partial charge is 0.303 e. The van der Waals surface area contributed by atoms with Crippen molar-refractivity contribution in [2.24, 2.45) is 4.99 Å². The Labute approximate surface area is 208 Å². The number of fused-ring (bicyclic) bond motifs is 3. The number of hydrogen-bond acceptors (Lipinski definition) is 7. The molecule has 1 aliphatic rings. The summed E-state index contributed by atoms with van der Waals surface area (Å²) in [6.07, 6.45) is 5.52. The van der Waals surface area contributed by atoms with E-state index < -0.39 is 12.0 Å². The lowest BCUT2D eigenvalue weighted by atomic mass is 10.0. The van der Waals surface area contributed by atoms with Gasteiger partial charge in [0, 0.05) is 40.8 Å². The second-order valence-corrected chi connectivity index (χ2v) is 9.48. The van der Waals surface area contributed by atoms with Gasteiger partial charge in [-0.05, 0) is 54.4 Å². The summed E-state index contributed by atoms with van der Waals surface area (Å²) in [5.41, 5.74) is 4.28. The lowest BCUT2D eigenvalue weighted by molar-refractivity contribution is -0.137. The van der Waals surface area contributed by atoms with Gasteiger partial charge in [0.2, 0.25) is 0 Å². The second kappa shape index (κ2) is 9.86. The van der Waals surface area contributed by atoms with Gasteiger partial charge in [-0.1, -0.05) is 33.8 Å². The third-order valence-corrected chi connectivity index (χ3v) is 6.85. The number of benzene rings is 1. The van der Waals surface area contributed by atoms with Gasteiger partial charge in [0.15, 0.2) is 11.0 Å². The summed E-state index contributed by atoms with van der Waals surface area (Å²) in [4.78, 5) is 25.0. The highest BCUT2D eigenvalue weighted by Crippen LogP contribution is 2.36. The Morgan fingerprint density at radius 3 is 2.71 bits per heavy atom. The number of aromatic nitrogens is 5. The predicted octanol–water partition coefficient (Wildman–Crippen LogP) is 4.87. The minimum absolute atomic E-state index is 0.0317. The van der Waals surface area contributed by atoms with Gasteiger partial charge in [-0.3, -0.25) is 24.3 Å². The molecule has 5 rings (SSSR count). The van der Waals surface area contributed by atoms with Gasteiger partial charge in [0.1, 0.15) is 6.04 Å². The maximum Gasteiger partial charge on any atom is 0.303 e. The molecule has 0 aliphatic carbocycles. The summed E-state index contributed by atoms with van der Waals surface area (Å²) < 4.78 is 2.90. The highest BCUT2D eigenvalue weighted by Gasteiger charge is 2.30. The number of carbonyl (C=O) groups is 1. The quantitative estimate of drug-likeness (QED) is 0.337. The summed E-state index contributed by atoms with van der Waals surface area (Å²) in [6.45, 7) is 0. The molecule has 1 aromatic carbocycles. The van der Waals surface area contributed by atoms with Crippen LogP contribution in [-0.4, -0.2) is 41.5 Å². The van der Waals surface area contributed by atoms with E-state index in [0.29, 0.717) is 34.6 Å². The van der Waals surface area contributed by atoms with Crippen LogP contribution in [0.1, 0.15) is 41.5 Å². The molecule has 0 bridgehead atoms. The molecule has 0 unspecified atom stereocenters. The fourth-order valence-corrected chi connectivity index (χ4v) is 5.05. The standard InChI is InChI=1S/C24H19BrN6O2S/c25-16-4-6-20-17(13-16)22(18-3-1-2-10-27-18)28-19(5-7-21(32)33)23-29-30-24(31(20)23)34-14-15-8-11-26-12-9-15/h1-4,6,8-13,19H,5,7,14H2,(H,32,33)/t19-/m0/s1. The average Bonchev–Trinajstić information content (AvgIpc) is 3.22. The predicted molar refractivity (Wildman–Crippen MR) is 132 cm³/mol. The molecule has 3 aromatic heterocycles. The Hall–Kier alpha value is -3.37. The molecule has 1 aliphatic heterocycles. The molecule has 4 heterocycles. The van der Waals surface area contributed by atoms with Gasteiger partial charge in [0.05, 0.1) is 17.1 Å². The molecule has 0 spiro atoms. The summed E-state index contributed by atoms with van der Waals surface area (Å²) in [5.74, 6) is 0.436. The zero-order valence-corrected chi connectivity index (χ0v) is 20.3. The topological polar surface area (TPSA) is 106 Å². The highest BCUT2D eigenvalue weighted by molar-refractivity contribution is 9.10. The number of thioether (sulfide) groups is 1. The van der Waals surface area contributed by atoms with Crippen LogP contribution in [0.4, 0.5) is 0 Å². The van der Waals surface area contributed by atoms with Crippen LogP contribution < -0.4 is 0 Å². The van der Waals surface area contributed by atoms with Gasteiger partial charge >= 0.3 is 5.97 Å². The Morgan fingerprint density at radius 1 is 1.09 bits per heavy atom. The van der Waals surface area contributed by atoms with Crippen LogP contribution in [0.3, 0.4) is 0 Å². The van der Waals surface area contributed by atoms with E-state index in [1.807, 2.05) is 53.1 Å². The molecule has 0 saturated carbocycles. The number of rotatable bonds is 7. The number of nitrogens with zero attached hydrogens (tertiary/aromatic N) is 6. The summed E-state index contributed by atoms with van der Waals surface area (Å²) in [7, 11) is 0. The van der Waals surface area contributed by atoms with Crippen molar-refractivity contribution in [3.8, 4) is 5.69 Å². The van der Waals surface area contributed by atoms with Crippen molar-refractivity contribution in [3.05, 3.63) is 94.2 Å². The van der Waals surface area contributed by atoms with Crippen molar-refractivity contribution in [1.82, 2.24) is 24.7 Å². The first-order valence-corrected chi connectivity index (χ1v) is 12.4. The minimum atomic E-state index is -0.877. The van der Waals surface area contributed by atoms with E-state index in [0.717, 1.165) is 21.3 Å². The van der Waals surface area contributed by atoms with Crippen molar-refractivity contribution < 1.29 is 9.90 Å². The van der Waals surface area contributed by atoms with Crippen LogP contribution >= 0.6 is 27.7 Å². The molecule has 4 aromatic rings. The third-order valence-electron chi connectivity index (χ3n) is 5.35. The average molecular weight is 535 g/mol. The molecule has 0 fully saturated rings. The van der Waals surface area contributed by atoms with Gasteiger partial charge in [0.25, 0.3) is 0 Å². The number of hydrogen-bond donors (Lipinski definition) is 1. The molecule has 0 saturated heterocycles. The number of pyridine rings is 2. The van der Waals surface area contributed by atoms with Crippen molar-refractivity contribution in [2.45, 2.75) is 29.8 Å². The number of carboxylic acids is 1. The summed E-state index contributed by atoms with van der Waals surface area (Å²) in [5, 5.41) is 19.0. The largest absolute Gasteiger partial charge is 0.481 e. The third kappa shape index (κ3) is 4.64. The SMILES string of the molecule is O=C(O)CC[C@@H]1N=C(c2ccccn2)c2cc(Br)ccc2-n2c(SCc3ccncc3)nnc21. The van der Waals surface area contributed by atoms with Crippen LogP contribution in [-0.2, 0) is 10.5 Å². The number of halogens is 1. The first kappa shape index (κ1) is 22.4. The Balaban J connectivity index is 1.65. The zero-order chi connectivity index (χ0) is 23.5. The molecule has 170 valence electrons. The van der Waals surface area contributed by atoms with E-state index in [1.165, 1.54) is 0 Å². The van der Waals surface area contributed by atoms with Crippen LogP contribution in [0, 0.1) is 0 Å².